The average Bonchev–Trinajstić information content (AvgIpc) is 2.97. The van der Waals surface area contributed by atoms with Crippen LogP contribution in [-0.4, -0.2) is 20.2 Å². The molecule has 1 N–H and O–H groups in total. The molecule has 0 saturated heterocycles. The molecule has 3 rings (SSSR count). The summed E-state index contributed by atoms with van der Waals surface area (Å²) in [4.78, 5) is 0. The zero-order valence-corrected chi connectivity index (χ0v) is 14.0. The third kappa shape index (κ3) is 3.69. The van der Waals surface area contributed by atoms with Crippen LogP contribution in [0.3, 0.4) is 0 Å². The van der Waals surface area contributed by atoms with Crippen molar-refractivity contribution in [2.75, 3.05) is 0 Å². The summed E-state index contributed by atoms with van der Waals surface area (Å²) in [5.41, 5.74) is 2.01. The number of hydrogen-bond donors (Lipinski definition) is 1. The van der Waals surface area contributed by atoms with Crippen molar-refractivity contribution in [1.29, 1.82) is 0 Å². The number of rotatable bonds is 5. The Morgan fingerprint density at radius 1 is 1.13 bits per heavy atom. The van der Waals surface area contributed by atoms with Gasteiger partial charge in [0.05, 0.1) is 12.6 Å². The molecular formula is C16H15Cl2N5. The highest BCUT2D eigenvalue weighted by molar-refractivity contribution is 6.33. The van der Waals surface area contributed by atoms with Gasteiger partial charge in [-0.3, -0.25) is 5.32 Å². The van der Waals surface area contributed by atoms with Crippen molar-refractivity contribution in [2.24, 2.45) is 7.05 Å². The van der Waals surface area contributed by atoms with Crippen LogP contribution in [0.4, 0.5) is 0 Å². The second-order valence-electron chi connectivity index (χ2n) is 5.11. The van der Waals surface area contributed by atoms with E-state index in [-0.39, 0.29) is 6.04 Å². The van der Waals surface area contributed by atoms with E-state index in [9.17, 15) is 0 Å². The topological polar surface area (TPSA) is 55.6 Å². The monoisotopic (exact) mass is 347 g/mol. The van der Waals surface area contributed by atoms with E-state index in [2.05, 4.69) is 20.8 Å². The number of benzene rings is 2. The molecule has 23 heavy (non-hydrogen) atoms. The van der Waals surface area contributed by atoms with Gasteiger partial charge in [-0.1, -0.05) is 53.5 Å². The van der Waals surface area contributed by atoms with E-state index in [1.54, 1.807) is 23.9 Å². The van der Waals surface area contributed by atoms with Gasteiger partial charge in [0.2, 0.25) is 0 Å². The van der Waals surface area contributed by atoms with Crippen molar-refractivity contribution in [3.05, 3.63) is 75.5 Å². The Balaban J connectivity index is 1.94. The van der Waals surface area contributed by atoms with Gasteiger partial charge in [-0.15, -0.1) is 5.10 Å². The molecule has 5 nitrogen and oxygen atoms in total. The molecule has 0 radical (unpaired) electrons. The molecule has 0 unspecified atom stereocenters. The quantitative estimate of drug-likeness (QED) is 0.768. The van der Waals surface area contributed by atoms with Crippen molar-refractivity contribution < 1.29 is 0 Å². The molecule has 0 spiro atoms. The third-order valence-electron chi connectivity index (χ3n) is 3.57. The van der Waals surface area contributed by atoms with E-state index in [1.807, 2.05) is 36.4 Å². The van der Waals surface area contributed by atoms with Gasteiger partial charge in [-0.2, -0.15) is 0 Å². The fourth-order valence-corrected chi connectivity index (χ4v) is 2.79. The first-order valence-electron chi connectivity index (χ1n) is 7.09. The Labute approximate surface area is 144 Å². The van der Waals surface area contributed by atoms with Gasteiger partial charge >= 0.3 is 0 Å². The van der Waals surface area contributed by atoms with Crippen LogP contribution in [-0.2, 0) is 13.6 Å². The minimum atomic E-state index is -0.112. The SMILES string of the molecule is Cn1nnnc1CN[C@@H](c1ccccc1)c1cc(Cl)ccc1Cl. The summed E-state index contributed by atoms with van der Waals surface area (Å²) >= 11 is 12.5. The first-order chi connectivity index (χ1) is 11.1. The highest BCUT2D eigenvalue weighted by atomic mass is 35.5. The molecule has 0 aliphatic carbocycles. The molecule has 1 aromatic heterocycles. The Hall–Kier alpha value is -1.95. The van der Waals surface area contributed by atoms with E-state index in [0.29, 0.717) is 16.6 Å². The number of hydrogen-bond acceptors (Lipinski definition) is 4. The smallest absolute Gasteiger partial charge is 0.164 e. The van der Waals surface area contributed by atoms with Crippen LogP contribution in [0.2, 0.25) is 10.0 Å². The third-order valence-corrected chi connectivity index (χ3v) is 4.15. The van der Waals surface area contributed by atoms with E-state index in [1.165, 1.54) is 0 Å². The average molecular weight is 348 g/mol. The molecule has 0 saturated carbocycles. The van der Waals surface area contributed by atoms with E-state index in [0.717, 1.165) is 17.0 Å². The van der Waals surface area contributed by atoms with Crippen LogP contribution in [0.5, 0.6) is 0 Å². The van der Waals surface area contributed by atoms with Gasteiger partial charge in [0.25, 0.3) is 0 Å². The number of halogens is 2. The maximum Gasteiger partial charge on any atom is 0.164 e. The number of aryl methyl sites for hydroxylation is 1. The summed E-state index contributed by atoms with van der Waals surface area (Å²) < 4.78 is 1.63. The Morgan fingerprint density at radius 2 is 1.91 bits per heavy atom. The van der Waals surface area contributed by atoms with Crippen molar-refractivity contribution in [3.8, 4) is 0 Å². The van der Waals surface area contributed by atoms with Crippen LogP contribution in [0, 0.1) is 0 Å². The minimum Gasteiger partial charge on any atom is -0.299 e. The molecule has 7 heteroatoms. The lowest BCUT2D eigenvalue weighted by Crippen LogP contribution is -2.24. The van der Waals surface area contributed by atoms with Gasteiger partial charge in [0, 0.05) is 17.1 Å². The lowest BCUT2D eigenvalue weighted by Gasteiger charge is -2.21. The van der Waals surface area contributed by atoms with Gasteiger partial charge in [0.1, 0.15) is 0 Å². The normalized spacial score (nSPS) is 12.3. The first kappa shape index (κ1) is 15.9. The summed E-state index contributed by atoms with van der Waals surface area (Å²) in [6.07, 6.45) is 0. The van der Waals surface area contributed by atoms with Crippen LogP contribution in [0.15, 0.2) is 48.5 Å². The minimum absolute atomic E-state index is 0.112. The molecule has 1 atom stereocenters. The van der Waals surface area contributed by atoms with Gasteiger partial charge in [0.15, 0.2) is 5.82 Å². The van der Waals surface area contributed by atoms with Crippen LogP contribution in [0.25, 0.3) is 0 Å². The maximum atomic E-state index is 6.39. The molecule has 2 aromatic carbocycles. The zero-order chi connectivity index (χ0) is 16.2. The molecule has 118 valence electrons. The number of tetrazole rings is 1. The summed E-state index contributed by atoms with van der Waals surface area (Å²) in [5.74, 6) is 0.740. The summed E-state index contributed by atoms with van der Waals surface area (Å²) in [7, 11) is 1.81. The largest absolute Gasteiger partial charge is 0.299 e. The Bertz CT molecular complexity index is 788. The summed E-state index contributed by atoms with van der Waals surface area (Å²) in [5, 5.41) is 16.3. The predicted octanol–water partition coefficient (Wildman–Crippen LogP) is 3.40. The van der Waals surface area contributed by atoms with Crippen molar-refractivity contribution in [1.82, 2.24) is 25.5 Å². The standard InChI is InChI=1S/C16H15Cl2N5/c1-23-15(20-21-22-23)10-19-16(11-5-3-2-4-6-11)13-9-12(17)7-8-14(13)18/h2-9,16,19H,10H2,1H3/t16-/m0/s1. The van der Waals surface area contributed by atoms with Gasteiger partial charge < -0.3 is 0 Å². The fraction of sp³-hybridized carbons (Fsp3) is 0.188. The van der Waals surface area contributed by atoms with Crippen molar-refractivity contribution >= 4 is 23.2 Å². The van der Waals surface area contributed by atoms with E-state index < -0.39 is 0 Å². The van der Waals surface area contributed by atoms with Gasteiger partial charge in [-0.25, -0.2) is 4.68 Å². The molecule has 0 fully saturated rings. The summed E-state index contributed by atoms with van der Waals surface area (Å²) in [6.45, 7) is 0.506. The summed E-state index contributed by atoms with van der Waals surface area (Å²) in [6, 6.07) is 15.4. The van der Waals surface area contributed by atoms with E-state index in [4.69, 9.17) is 23.2 Å². The highest BCUT2D eigenvalue weighted by Crippen LogP contribution is 2.30. The first-order valence-corrected chi connectivity index (χ1v) is 7.85. The lowest BCUT2D eigenvalue weighted by molar-refractivity contribution is 0.562. The molecule has 3 aromatic rings. The highest BCUT2D eigenvalue weighted by Gasteiger charge is 2.18. The van der Waals surface area contributed by atoms with Crippen LogP contribution in [0.1, 0.15) is 23.0 Å². The van der Waals surface area contributed by atoms with Crippen molar-refractivity contribution in [3.63, 3.8) is 0 Å². The maximum absolute atomic E-state index is 6.39. The molecule has 0 bridgehead atoms. The predicted molar refractivity (Wildman–Crippen MR) is 90.4 cm³/mol. The number of aromatic nitrogens is 4. The molecule has 0 aliphatic rings. The lowest BCUT2D eigenvalue weighted by atomic mass is 9.98. The molecule has 0 amide bonds. The number of nitrogens with zero attached hydrogens (tertiary/aromatic N) is 4. The fourth-order valence-electron chi connectivity index (χ4n) is 2.38. The Kier molecular flexibility index (Phi) is 4.91. The van der Waals surface area contributed by atoms with Gasteiger partial charge in [-0.05, 0) is 39.8 Å². The molecule has 1 heterocycles. The second-order valence-corrected chi connectivity index (χ2v) is 5.95. The van der Waals surface area contributed by atoms with Crippen LogP contribution < -0.4 is 5.32 Å². The van der Waals surface area contributed by atoms with Crippen LogP contribution >= 0.6 is 23.2 Å². The zero-order valence-electron chi connectivity index (χ0n) is 12.4. The Morgan fingerprint density at radius 3 is 2.61 bits per heavy atom. The molecular weight excluding hydrogens is 333 g/mol. The second kappa shape index (κ2) is 7.08. The number of nitrogens with one attached hydrogen (secondary N) is 1. The van der Waals surface area contributed by atoms with E-state index >= 15 is 0 Å². The molecule has 0 aliphatic heterocycles. The van der Waals surface area contributed by atoms with Crippen molar-refractivity contribution in [2.45, 2.75) is 12.6 Å².